The van der Waals surface area contributed by atoms with Crippen LogP contribution in [-0.2, 0) is 14.5 Å². The molecule has 88 valence electrons. The predicted octanol–water partition coefficient (Wildman–Crippen LogP) is 2.20. The minimum atomic E-state index is -0.291. The Labute approximate surface area is 95.1 Å². The summed E-state index contributed by atoms with van der Waals surface area (Å²) in [6, 6.07) is 8.88. The second-order valence-corrected chi connectivity index (χ2v) is 3.21. The number of carbonyl (C=O) groups excluding carboxylic acids is 1. The zero-order valence-corrected chi connectivity index (χ0v) is 9.35. The summed E-state index contributed by atoms with van der Waals surface area (Å²) in [6.07, 6.45) is 2.31. The standard InChI is InChI=1S/C8H8O2.C4H8O2/c1-10-8(9)7-5-3-2-4-6-7;1-2-4-6-5-3-1/h2-6H,1H3;1-4H2. The number of esters is 1. The first-order valence-corrected chi connectivity index (χ1v) is 5.22. The SMILES string of the molecule is C1CCOOC1.COC(=O)c1ccccc1. The van der Waals surface area contributed by atoms with Crippen LogP contribution in [-0.4, -0.2) is 26.3 Å². The van der Waals surface area contributed by atoms with Gasteiger partial charge in [0, 0.05) is 0 Å². The molecule has 2 rings (SSSR count). The molecule has 1 saturated heterocycles. The average molecular weight is 224 g/mol. The molecule has 0 aliphatic carbocycles. The van der Waals surface area contributed by atoms with E-state index in [0.29, 0.717) is 5.56 Å². The molecule has 0 bridgehead atoms. The fraction of sp³-hybridized carbons (Fsp3) is 0.417. The highest BCUT2D eigenvalue weighted by Crippen LogP contribution is 1.99. The fourth-order valence-electron chi connectivity index (χ4n) is 1.13. The van der Waals surface area contributed by atoms with E-state index in [1.165, 1.54) is 7.11 Å². The van der Waals surface area contributed by atoms with Crippen molar-refractivity contribution in [1.29, 1.82) is 0 Å². The number of ether oxygens (including phenoxy) is 1. The van der Waals surface area contributed by atoms with Crippen molar-refractivity contribution < 1.29 is 19.3 Å². The van der Waals surface area contributed by atoms with Crippen LogP contribution in [0, 0.1) is 0 Å². The van der Waals surface area contributed by atoms with Crippen molar-refractivity contribution in [3.05, 3.63) is 35.9 Å². The molecule has 0 saturated carbocycles. The molecule has 0 N–H and O–H groups in total. The maximum atomic E-state index is 10.8. The molecule has 1 aromatic rings. The topological polar surface area (TPSA) is 44.8 Å². The maximum Gasteiger partial charge on any atom is 0.337 e. The summed E-state index contributed by atoms with van der Waals surface area (Å²) in [7, 11) is 1.37. The molecule has 0 unspecified atom stereocenters. The summed E-state index contributed by atoms with van der Waals surface area (Å²) in [4.78, 5) is 19.9. The van der Waals surface area contributed by atoms with E-state index in [1.807, 2.05) is 6.07 Å². The van der Waals surface area contributed by atoms with Gasteiger partial charge < -0.3 is 4.74 Å². The van der Waals surface area contributed by atoms with Crippen LogP contribution in [0.4, 0.5) is 0 Å². The molecule has 1 aliphatic heterocycles. The van der Waals surface area contributed by atoms with Gasteiger partial charge in [0.2, 0.25) is 0 Å². The van der Waals surface area contributed by atoms with Gasteiger partial charge in [-0.05, 0) is 25.0 Å². The van der Waals surface area contributed by atoms with E-state index in [0.717, 1.165) is 26.1 Å². The van der Waals surface area contributed by atoms with Crippen LogP contribution in [0.15, 0.2) is 30.3 Å². The number of methoxy groups -OCH3 is 1. The summed E-state index contributed by atoms with van der Waals surface area (Å²) in [6.45, 7) is 1.56. The van der Waals surface area contributed by atoms with Gasteiger partial charge in [-0.2, -0.15) is 0 Å². The largest absolute Gasteiger partial charge is 0.465 e. The smallest absolute Gasteiger partial charge is 0.337 e. The highest BCUT2D eigenvalue weighted by molar-refractivity contribution is 5.89. The molecule has 4 heteroatoms. The fourth-order valence-corrected chi connectivity index (χ4v) is 1.13. The summed E-state index contributed by atoms with van der Waals surface area (Å²) in [5.41, 5.74) is 0.588. The summed E-state index contributed by atoms with van der Waals surface area (Å²) >= 11 is 0. The Morgan fingerprint density at radius 2 is 1.69 bits per heavy atom. The van der Waals surface area contributed by atoms with Crippen LogP contribution in [0.25, 0.3) is 0 Å². The lowest BCUT2D eigenvalue weighted by Gasteiger charge is -2.07. The first kappa shape index (κ1) is 12.7. The zero-order valence-electron chi connectivity index (χ0n) is 9.35. The second kappa shape index (κ2) is 7.84. The van der Waals surface area contributed by atoms with Gasteiger partial charge in [-0.3, -0.25) is 0 Å². The van der Waals surface area contributed by atoms with Crippen molar-refractivity contribution in [3.63, 3.8) is 0 Å². The molecular formula is C12H16O4. The second-order valence-electron chi connectivity index (χ2n) is 3.21. The van der Waals surface area contributed by atoms with Gasteiger partial charge >= 0.3 is 5.97 Å². The normalized spacial score (nSPS) is 14.6. The molecule has 16 heavy (non-hydrogen) atoms. The maximum absolute atomic E-state index is 10.8. The van der Waals surface area contributed by atoms with Gasteiger partial charge in [-0.15, -0.1) is 0 Å². The lowest BCUT2D eigenvalue weighted by molar-refractivity contribution is -0.312. The third-order valence-electron chi connectivity index (χ3n) is 1.98. The summed E-state index contributed by atoms with van der Waals surface area (Å²) in [5, 5.41) is 0. The van der Waals surface area contributed by atoms with Crippen molar-refractivity contribution in [1.82, 2.24) is 0 Å². The Morgan fingerprint density at radius 1 is 1.12 bits per heavy atom. The Bertz CT molecular complexity index is 282. The Morgan fingerprint density at radius 3 is 2.06 bits per heavy atom. The van der Waals surface area contributed by atoms with E-state index in [-0.39, 0.29) is 5.97 Å². The minimum Gasteiger partial charge on any atom is -0.465 e. The Balaban J connectivity index is 0.000000181. The molecule has 1 heterocycles. The Hall–Kier alpha value is -1.39. The van der Waals surface area contributed by atoms with E-state index >= 15 is 0 Å². The van der Waals surface area contributed by atoms with E-state index in [4.69, 9.17) is 0 Å². The van der Waals surface area contributed by atoms with Crippen LogP contribution < -0.4 is 0 Å². The highest BCUT2D eigenvalue weighted by Gasteiger charge is 2.00. The number of hydrogen-bond acceptors (Lipinski definition) is 4. The van der Waals surface area contributed by atoms with E-state index in [2.05, 4.69) is 14.5 Å². The third kappa shape index (κ3) is 4.91. The molecule has 1 aliphatic rings. The third-order valence-corrected chi connectivity index (χ3v) is 1.98. The predicted molar refractivity (Wildman–Crippen MR) is 58.9 cm³/mol. The van der Waals surface area contributed by atoms with Crippen LogP contribution in [0.5, 0.6) is 0 Å². The summed E-state index contributed by atoms with van der Waals surface area (Å²) in [5.74, 6) is -0.291. The highest BCUT2D eigenvalue weighted by atomic mass is 17.2. The summed E-state index contributed by atoms with van der Waals surface area (Å²) < 4.78 is 4.50. The van der Waals surface area contributed by atoms with Crippen LogP contribution in [0.1, 0.15) is 23.2 Å². The van der Waals surface area contributed by atoms with Crippen molar-refractivity contribution in [3.8, 4) is 0 Å². The lowest BCUT2D eigenvalue weighted by atomic mass is 10.2. The number of rotatable bonds is 1. The molecule has 0 radical (unpaired) electrons. The average Bonchev–Trinajstić information content (AvgIpc) is 2.41. The lowest BCUT2D eigenvalue weighted by Crippen LogP contribution is -2.05. The molecule has 1 fully saturated rings. The number of carbonyl (C=O) groups is 1. The van der Waals surface area contributed by atoms with Gasteiger partial charge in [0.1, 0.15) is 0 Å². The van der Waals surface area contributed by atoms with Crippen molar-refractivity contribution in [2.45, 2.75) is 12.8 Å². The quantitative estimate of drug-likeness (QED) is 0.542. The van der Waals surface area contributed by atoms with Crippen molar-refractivity contribution in [2.75, 3.05) is 20.3 Å². The molecular weight excluding hydrogens is 208 g/mol. The van der Waals surface area contributed by atoms with Gasteiger partial charge in [0.25, 0.3) is 0 Å². The van der Waals surface area contributed by atoms with Crippen molar-refractivity contribution >= 4 is 5.97 Å². The molecule has 4 nitrogen and oxygen atoms in total. The van der Waals surface area contributed by atoms with Crippen LogP contribution >= 0.6 is 0 Å². The van der Waals surface area contributed by atoms with E-state index in [9.17, 15) is 4.79 Å². The molecule has 0 spiro atoms. The van der Waals surface area contributed by atoms with E-state index in [1.54, 1.807) is 24.3 Å². The molecule has 0 amide bonds. The van der Waals surface area contributed by atoms with Crippen LogP contribution in [0.2, 0.25) is 0 Å². The Kier molecular flexibility index (Phi) is 6.22. The van der Waals surface area contributed by atoms with E-state index < -0.39 is 0 Å². The molecule has 1 aromatic carbocycles. The minimum absolute atomic E-state index is 0.291. The first-order chi connectivity index (χ1) is 7.84. The van der Waals surface area contributed by atoms with Gasteiger partial charge in [0.15, 0.2) is 0 Å². The van der Waals surface area contributed by atoms with Gasteiger partial charge in [0.05, 0.1) is 25.9 Å². The van der Waals surface area contributed by atoms with Crippen LogP contribution in [0.3, 0.4) is 0 Å². The monoisotopic (exact) mass is 224 g/mol. The zero-order chi connectivity index (χ0) is 11.6. The van der Waals surface area contributed by atoms with Crippen molar-refractivity contribution in [2.24, 2.45) is 0 Å². The van der Waals surface area contributed by atoms with Gasteiger partial charge in [-0.1, -0.05) is 18.2 Å². The number of hydrogen-bond donors (Lipinski definition) is 0. The first-order valence-electron chi connectivity index (χ1n) is 5.22. The number of benzene rings is 1. The molecule has 0 aromatic heterocycles. The van der Waals surface area contributed by atoms with Gasteiger partial charge in [-0.25, -0.2) is 14.6 Å². The molecule has 0 atom stereocenters.